The zero-order chi connectivity index (χ0) is 21.5. The molecule has 1 aromatic rings. The van der Waals surface area contributed by atoms with Crippen LogP contribution in [0.25, 0.3) is 0 Å². The van der Waals surface area contributed by atoms with Crippen molar-refractivity contribution in [3.8, 4) is 0 Å². The molecule has 0 radical (unpaired) electrons. The molecule has 0 fully saturated rings. The van der Waals surface area contributed by atoms with Crippen LogP contribution in [0.15, 0.2) is 18.2 Å². The summed E-state index contributed by atoms with van der Waals surface area (Å²) < 4.78 is 0. The van der Waals surface area contributed by atoms with Crippen molar-refractivity contribution < 1.29 is 9.90 Å². The van der Waals surface area contributed by atoms with Gasteiger partial charge in [0.05, 0.1) is 11.3 Å². The van der Waals surface area contributed by atoms with Crippen LogP contribution in [0.5, 0.6) is 0 Å². The van der Waals surface area contributed by atoms with Crippen LogP contribution in [0.4, 0.5) is 5.69 Å². The monoisotopic (exact) mass is 443 g/mol. The number of halogens is 2. The molecular formula is C24H39Cl2NO2. The van der Waals surface area contributed by atoms with Crippen molar-refractivity contribution in [3.05, 3.63) is 29.3 Å². The molecular weight excluding hydrogens is 405 g/mol. The second-order valence-electron chi connectivity index (χ2n) is 8.07. The van der Waals surface area contributed by atoms with E-state index >= 15 is 0 Å². The van der Waals surface area contributed by atoms with Gasteiger partial charge < -0.3 is 10.4 Å². The van der Waals surface area contributed by atoms with Gasteiger partial charge in [-0.2, -0.15) is 0 Å². The molecule has 1 aromatic carbocycles. The first kappa shape index (κ1) is 26.1. The van der Waals surface area contributed by atoms with Gasteiger partial charge in [0.25, 0.3) is 0 Å². The fourth-order valence-electron chi connectivity index (χ4n) is 3.62. The van der Waals surface area contributed by atoms with E-state index < -0.39 is 5.97 Å². The highest BCUT2D eigenvalue weighted by atomic mass is 35.5. The van der Waals surface area contributed by atoms with E-state index in [0.29, 0.717) is 17.8 Å². The Balaban J connectivity index is 2.14. The lowest BCUT2D eigenvalue weighted by Gasteiger charge is -2.16. The number of hydrogen-bond acceptors (Lipinski definition) is 2. The van der Waals surface area contributed by atoms with Crippen molar-refractivity contribution in [2.24, 2.45) is 0 Å². The highest BCUT2D eigenvalue weighted by Crippen LogP contribution is 2.23. The van der Waals surface area contributed by atoms with E-state index in [4.69, 9.17) is 23.2 Å². The minimum absolute atomic E-state index is 0.000798. The summed E-state index contributed by atoms with van der Waals surface area (Å²) in [6.07, 6.45) is 14.5. The first-order valence-corrected chi connectivity index (χ1v) is 12.2. The number of para-hydroxylation sites is 1. The Morgan fingerprint density at radius 2 is 1.55 bits per heavy atom. The summed E-state index contributed by atoms with van der Waals surface area (Å²) in [7, 11) is 0. The maximum atomic E-state index is 11.4. The molecule has 0 aliphatic rings. The average molecular weight is 444 g/mol. The van der Waals surface area contributed by atoms with Crippen LogP contribution in [-0.4, -0.2) is 28.4 Å². The Labute approximate surface area is 187 Å². The maximum Gasteiger partial charge on any atom is 0.337 e. The maximum absolute atomic E-state index is 11.4. The number of rotatable bonds is 17. The second-order valence-corrected chi connectivity index (χ2v) is 9.30. The number of unbranched alkanes of at least 4 members (excludes halogenated alkanes) is 8. The van der Waals surface area contributed by atoms with E-state index in [1.54, 1.807) is 12.1 Å². The zero-order valence-corrected chi connectivity index (χ0v) is 19.7. The van der Waals surface area contributed by atoms with E-state index in [-0.39, 0.29) is 10.8 Å². The van der Waals surface area contributed by atoms with Crippen LogP contribution in [0, 0.1) is 6.92 Å². The fraction of sp³-hybridized carbons (Fsp3) is 0.708. The number of aromatic carboxylic acids is 1. The van der Waals surface area contributed by atoms with Gasteiger partial charge >= 0.3 is 5.97 Å². The molecule has 29 heavy (non-hydrogen) atoms. The fourth-order valence-corrected chi connectivity index (χ4v) is 4.41. The molecule has 2 unspecified atom stereocenters. The van der Waals surface area contributed by atoms with Crippen molar-refractivity contribution in [1.82, 2.24) is 0 Å². The van der Waals surface area contributed by atoms with E-state index in [9.17, 15) is 9.90 Å². The highest BCUT2D eigenvalue weighted by molar-refractivity contribution is 6.23. The van der Waals surface area contributed by atoms with E-state index in [1.807, 2.05) is 13.0 Å². The molecule has 0 aliphatic carbocycles. The molecule has 3 nitrogen and oxygen atoms in total. The van der Waals surface area contributed by atoms with Crippen molar-refractivity contribution >= 4 is 34.9 Å². The minimum Gasteiger partial charge on any atom is -0.478 e. The number of hydrogen-bond donors (Lipinski definition) is 2. The molecule has 0 spiro atoms. The number of alkyl halides is 2. The Morgan fingerprint density at radius 3 is 2.17 bits per heavy atom. The minimum atomic E-state index is -0.916. The molecule has 0 saturated carbocycles. The van der Waals surface area contributed by atoms with Crippen LogP contribution in [0.2, 0.25) is 0 Å². The van der Waals surface area contributed by atoms with Crippen LogP contribution in [-0.2, 0) is 0 Å². The van der Waals surface area contributed by atoms with Gasteiger partial charge in [-0.25, -0.2) is 4.79 Å². The molecule has 1 rings (SSSR count). The zero-order valence-electron chi connectivity index (χ0n) is 18.2. The van der Waals surface area contributed by atoms with Crippen LogP contribution < -0.4 is 5.32 Å². The van der Waals surface area contributed by atoms with Gasteiger partial charge in [-0.1, -0.05) is 76.8 Å². The van der Waals surface area contributed by atoms with Crippen molar-refractivity contribution in [1.29, 1.82) is 0 Å². The lowest BCUT2D eigenvalue weighted by molar-refractivity contribution is 0.0698. The summed E-state index contributed by atoms with van der Waals surface area (Å²) >= 11 is 12.9. The van der Waals surface area contributed by atoms with Crippen LogP contribution >= 0.6 is 23.2 Å². The van der Waals surface area contributed by atoms with Gasteiger partial charge in [0.1, 0.15) is 0 Å². The molecule has 2 atom stereocenters. The molecule has 0 aromatic heterocycles. The van der Waals surface area contributed by atoms with Gasteiger partial charge in [0.15, 0.2) is 0 Å². The first-order chi connectivity index (χ1) is 14.0. The molecule has 166 valence electrons. The Morgan fingerprint density at radius 1 is 0.966 bits per heavy atom. The van der Waals surface area contributed by atoms with Crippen molar-refractivity contribution in [3.63, 3.8) is 0 Å². The third-order valence-corrected chi connectivity index (χ3v) is 6.19. The number of nitrogens with one attached hydrogen (secondary N) is 1. The van der Waals surface area contributed by atoms with E-state index in [2.05, 4.69) is 12.2 Å². The first-order valence-electron chi connectivity index (χ1n) is 11.3. The standard InChI is InChI=1S/C24H39Cl2NO2/c1-3-4-5-6-7-8-9-10-11-14-20(25)18-21(26)16-17-27-23-19(2)13-12-15-22(23)24(28)29/h12-13,15,20-21,27H,3-11,14,16-18H2,1-2H3,(H,28,29). The van der Waals surface area contributed by atoms with Crippen molar-refractivity contribution in [2.45, 2.75) is 102 Å². The van der Waals surface area contributed by atoms with Gasteiger partial charge in [-0.15, -0.1) is 23.2 Å². The van der Waals surface area contributed by atoms with E-state index in [1.165, 1.54) is 57.8 Å². The summed E-state index contributed by atoms with van der Waals surface area (Å²) in [5.74, 6) is -0.916. The normalized spacial score (nSPS) is 13.2. The third-order valence-electron chi connectivity index (χ3n) is 5.39. The van der Waals surface area contributed by atoms with Gasteiger partial charge in [0.2, 0.25) is 0 Å². The SMILES string of the molecule is CCCCCCCCCCCC(Cl)CC(Cl)CCNc1c(C)cccc1C(=O)O. The summed E-state index contributed by atoms with van der Waals surface area (Å²) in [4.78, 5) is 11.4. The topological polar surface area (TPSA) is 49.3 Å². The number of anilines is 1. The van der Waals surface area contributed by atoms with Gasteiger partial charge in [-0.05, 0) is 37.8 Å². The largest absolute Gasteiger partial charge is 0.478 e. The Bertz CT molecular complexity index is 580. The lowest BCUT2D eigenvalue weighted by atomic mass is 10.0. The number of benzene rings is 1. The quantitative estimate of drug-likeness (QED) is 0.189. The number of carbonyl (C=O) groups is 1. The summed E-state index contributed by atoms with van der Waals surface area (Å²) in [6, 6.07) is 5.29. The molecule has 2 N–H and O–H groups in total. The third kappa shape index (κ3) is 11.7. The Hall–Kier alpha value is -0.930. The predicted molar refractivity (Wildman–Crippen MR) is 127 cm³/mol. The Kier molecular flexibility index (Phi) is 14.3. The molecule has 0 heterocycles. The summed E-state index contributed by atoms with van der Waals surface area (Å²) in [5.41, 5.74) is 1.91. The number of aryl methyl sites for hydroxylation is 1. The molecule has 0 amide bonds. The smallest absolute Gasteiger partial charge is 0.337 e. The van der Waals surface area contributed by atoms with E-state index in [0.717, 1.165) is 24.8 Å². The van der Waals surface area contributed by atoms with Gasteiger partial charge in [0, 0.05) is 17.3 Å². The average Bonchev–Trinajstić information content (AvgIpc) is 2.67. The highest BCUT2D eigenvalue weighted by Gasteiger charge is 2.14. The van der Waals surface area contributed by atoms with Crippen LogP contribution in [0.3, 0.4) is 0 Å². The summed E-state index contributed by atoms with van der Waals surface area (Å²) in [6.45, 7) is 4.80. The number of carboxylic acids is 1. The number of carboxylic acid groups (broad SMARTS) is 1. The van der Waals surface area contributed by atoms with Gasteiger partial charge in [-0.3, -0.25) is 0 Å². The predicted octanol–water partition coefficient (Wildman–Crippen LogP) is 8.02. The second kappa shape index (κ2) is 15.8. The van der Waals surface area contributed by atoms with Crippen LogP contribution in [0.1, 0.15) is 99.9 Å². The lowest BCUT2D eigenvalue weighted by Crippen LogP contribution is -2.15. The van der Waals surface area contributed by atoms with Crippen molar-refractivity contribution in [2.75, 3.05) is 11.9 Å². The molecule has 5 heteroatoms. The molecule has 0 aliphatic heterocycles. The molecule has 0 bridgehead atoms. The summed E-state index contributed by atoms with van der Waals surface area (Å²) in [5, 5.41) is 12.7. The molecule has 0 saturated heterocycles.